The smallest absolute Gasteiger partial charge is 0.267 e. The maximum atomic E-state index is 13.4. The van der Waals surface area contributed by atoms with Gasteiger partial charge in [0.05, 0.1) is 5.69 Å². The number of rotatable bonds is 6. The number of thioether (sulfide) groups is 1. The molecule has 4 rings (SSSR count). The first-order chi connectivity index (χ1) is 16.2. The number of hydrogen-bond acceptors (Lipinski definition) is 3. The second kappa shape index (κ2) is 10.1. The number of para-hydroxylation sites is 1. The molecule has 3 aromatic rings. The van der Waals surface area contributed by atoms with Gasteiger partial charge in [0.25, 0.3) is 5.91 Å². The average Bonchev–Trinajstić information content (AvgIpc) is 2.83. The number of alkyl halides is 4. The number of β-lactam (4-membered cyclic amide) rings is 1. The third kappa shape index (κ3) is 4.48. The van der Waals surface area contributed by atoms with Gasteiger partial charge in [-0.3, -0.25) is 14.5 Å². The Morgan fingerprint density at radius 3 is 2.18 bits per heavy atom. The van der Waals surface area contributed by atoms with E-state index in [9.17, 15) is 9.59 Å². The summed E-state index contributed by atoms with van der Waals surface area (Å²) >= 11 is 31.9. The highest BCUT2D eigenvalue weighted by Gasteiger charge is 2.70. The number of hydrogen-bond donors (Lipinski definition) is 0. The van der Waals surface area contributed by atoms with E-state index < -0.39 is 25.7 Å². The van der Waals surface area contributed by atoms with Crippen LogP contribution >= 0.6 is 69.8 Å². The van der Waals surface area contributed by atoms with Crippen molar-refractivity contribution in [3.05, 3.63) is 101 Å². The molecule has 0 N–H and O–H groups in total. The van der Waals surface area contributed by atoms with Crippen LogP contribution in [0.3, 0.4) is 0 Å². The summed E-state index contributed by atoms with van der Waals surface area (Å²) in [6.07, 6.45) is 3.62. The van der Waals surface area contributed by atoms with E-state index in [0.717, 1.165) is 17.3 Å². The molecule has 0 aliphatic carbocycles. The average molecular weight is 572 g/mol. The summed E-state index contributed by atoms with van der Waals surface area (Å²) < 4.78 is -1.80. The zero-order valence-corrected chi connectivity index (χ0v) is 21.9. The van der Waals surface area contributed by atoms with Gasteiger partial charge in [-0.1, -0.05) is 119 Å². The van der Waals surface area contributed by atoms with Crippen molar-refractivity contribution >= 4 is 92.6 Å². The first-order valence-corrected chi connectivity index (χ1v) is 12.8. The largest absolute Gasteiger partial charge is 0.291 e. The van der Waals surface area contributed by atoms with Gasteiger partial charge in [0.1, 0.15) is 5.54 Å². The molecule has 0 aromatic heterocycles. The summed E-state index contributed by atoms with van der Waals surface area (Å²) in [7, 11) is 0. The Morgan fingerprint density at radius 2 is 1.53 bits per heavy atom. The molecule has 0 radical (unpaired) electrons. The van der Waals surface area contributed by atoms with Crippen LogP contribution in [0.2, 0.25) is 5.02 Å². The minimum atomic E-state index is -1.80. The van der Waals surface area contributed by atoms with Crippen LogP contribution in [-0.2, 0) is 15.1 Å². The fourth-order valence-corrected chi connectivity index (χ4v) is 5.59. The van der Waals surface area contributed by atoms with Crippen LogP contribution in [0.15, 0.2) is 89.8 Å². The molecule has 0 bridgehead atoms. The molecule has 1 atom stereocenters. The number of benzene rings is 3. The van der Waals surface area contributed by atoms with Crippen LogP contribution < -0.4 is 4.90 Å². The Bertz CT molecular complexity index is 1250. The molecule has 34 heavy (non-hydrogen) atoms. The SMILES string of the molecule is O=C(Sc1ccccc1N1C(=O)C(Cl)(Cl)C1(/C=C/c1ccc(Cl)cc1)c1ccccc1)C(Cl)Cl. The van der Waals surface area contributed by atoms with Crippen molar-refractivity contribution in [3.63, 3.8) is 0 Å². The van der Waals surface area contributed by atoms with E-state index in [2.05, 4.69) is 0 Å². The van der Waals surface area contributed by atoms with Crippen molar-refractivity contribution in [2.75, 3.05) is 4.90 Å². The Hall–Kier alpha value is -1.66. The molecule has 1 aliphatic rings. The highest BCUT2D eigenvalue weighted by atomic mass is 35.5. The van der Waals surface area contributed by atoms with Crippen LogP contribution in [0, 0.1) is 0 Å². The van der Waals surface area contributed by atoms with Crippen LogP contribution in [0.25, 0.3) is 6.08 Å². The van der Waals surface area contributed by atoms with Gasteiger partial charge in [-0.05, 0) is 53.2 Å². The Kier molecular flexibility index (Phi) is 7.58. The van der Waals surface area contributed by atoms with Gasteiger partial charge in [-0.15, -0.1) is 0 Å². The van der Waals surface area contributed by atoms with Gasteiger partial charge >= 0.3 is 0 Å². The van der Waals surface area contributed by atoms with Crippen LogP contribution in [0.5, 0.6) is 0 Å². The topological polar surface area (TPSA) is 37.4 Å². The predicted octanol–water partition coefficient (Wildman–Crippen LogP) is 7.89. The molecule has 3 nitrogen and oxygen atoms in total. The lowest BCUT2D eigenvalue weighted by atomic mass is 9.75. The summed E-state index contributed by atoms with van der Waals surface area (Å²) in [5, 5.41) is 0.140. The number of carbonyl (C=O) groups excluding carboxylic acids is 2. The highest BCUT2D eigenvalue weighted by molar-refractivity contribution is 8.14. The molecule has 1 aliphatic heterocycles. The van der Waals surface area contributed by atoms with Gasteiger partial charge in [-0.25, -0.2) is 0 Å². The van der Waals surface area contributed by atoms with E-state index in [1.807, 2.05) is 48.5 Å². The van der Waals surface area contributed by atoms with E-state index in [-0.39, 0.29) is 0 Å². The molecule has 0 spiro atoms. The number of anilines is 1. The van der Waals surface area contributed by atoms with E-state index >= 15 is 0 Å². The fraction of sp³-hybridized carbons (Fsp3) is 0.120. The highest BCUT2D eigenvalue weighted by Crippen LogP contribution is 2.59. The molecule has 9 heteroatoms. The summed E-state index contributed by atoms with van der Waals surface area (Å²) in [4.78, 5) is 26.4. The van der Waals surface area contributed by atoms with Crippen molar-refractivity contribution in [1.29, 1.82) is 0 Å². The molecule has 1 amide bonds. The van der Waals surface area contributed by atoms with Gasteiger partial charge in [0.15, 0.2) is 4.84 Å². The third-order valence-electron chi connectivity index (χ3n) is 5.40. The Labute approximate surface area is 226 Å². The monoisotopic (exact) mass is 569 g/mol. The van der Waals surface area contributed by atoms with Gasteiger partial charge in [0.2, 0.25) is 9.45 Å². The molecule has 1 unspecified atom stereocenters. The molecule has 1 saturated heterocycles. The van der Waals surface area contributed by atoms with Gasteiger partial charge < -0.3 is 0 Å². The Balaban J connectivity index is 1.89. The van der Waals surface area contributed by atoms with Crippen molar-refractivity contribution in [2.45, 2.75) is 19.6 Å². The van der Waals surface area contributed by atoms with Crippen molar-refractivity contribution < 1.29 is 9.59 Å². The van der Waals surface area contributed by atoms with Crippen LogP contribution in [0.4, 0.5) is 5.69 Å². The van der Waals surface area contributed by atoms with Crippen LogP contribution in [-0.4, -0.2) is 20.2 Å². The second-order valence-corrected chi connectivity index (χ2v) is 11.3. The summed E-state index contributed by atoms with van der Waals surface area (Å²) in [5.41, 5.74) is 0.729. The summed E-state index contributed by atoms with van der Waals surface area (Å²) in [5.74, 6) is -0.519. The minimum absolute atomic E-state index is 0.460. The lowest BCUT2D eigenvalue weighted by molar-refractivity contribution is -0.127. The van der Waals surface area contributed by atoms with Crippen molar-refractivity contribution in [3.8, 4) is 0 Å². The van der Waals surface area contributed by atoms with E-state index in [0.29, 0.717) is 21.2 Å². The number of amides is 1. The van der Waals surface area contributed by atoms with Gasteiger partial charge in [-0.2, -0.15) is 0 Å². The zero-order chi connectivity index (χ0) is 24.5. The summed E-state index contributed by atoms with van der Waals surface area (Å²) in [6, 6.07) is 23.4. The second-order valence-electron chi connectivity index (χ2n) is 7.42. The third-order valence-corrected chi connectivity index (χ3v) is 8.21. The van der Waals surface area contributed by atoms with Crippen molar-refractivity contribution in [1.82, 2.24) is 0 Å². The normalized spacial score (nSPS) is 19.5. The first-order valence-electron chi connectivity index (χ1n) is 10.00. The molecule has 3 aromatic carbocycles. The summed E-state index contributed by atoms with van der Waals surface area (Å²) in [6.45, 7) is 0. The lowest BCUT2D eigenvalue weighted by Crippen LogP contribution is -2.75. The molecule has 1 fully saturated rings. The molecule has 1 heterocycles. The predicted molar refractivity (Wildman–Crippen MR) is 143 cm³/mol. The maximum Gasteiger partial charge on any atom is 0.267 e. The molecule has 0 saturated carbocycles. The lowest BCUT2D eigenvalue weighted by Gasteiger charge is -2.58. The number of halogens is 5. The van der Waals surface area contributed by atoms with Gasteiger partial charge in [0, 0.05) is 9.92 Å². The van der Waals surface area contributed by atoms with Crippen molar-refractivity contribution in [2.24, 2.45) is 0 Å². The number of carbonyl (C=O) groups is 2. The van der Waals surface area contributed by atoms with E-state index in [1.54, 1.807) is 42.5 Å². The van der Waals surface area contributed by atoms with E-state index in [4.69, 9.17) is 58.0 Å². The number of nitrogens with zero attached hydrogens (tertiary/aromatic N) is 1. The molecule has 174 valence electrons. The van der Waals surface area contributed by atoms with Crippen LogP contribution in [0.1, 0.15) is 11.1 Å². The first kappa shape index (κ1) is 25.4. The molecular weight excluding hydrogens is 556 g/mol. The quantitative estimate of drug-likeness (QED) is 0.172. The fourth-order valence-electron chi connectivity index (χ4n) is 3.80. The Morgan fingerprint density at radius 1 is 0.912 bits per heavy atom. The maximum absolute atomic E-state index is 13.4. The van der Waals surface area contributed by atoms with E-state index in [1.165, 1.54) is 4.90 Å². The minimum Gasteiger partial charge on any atom is -0.291 e. The molecular formula is C25H16Cl5NO2S. The standard InChI is InChI=1S/C25H16Cl5NO2S/c26-18-12-10-16(11-13-18)14-15-24(17-6-2-1-3-7-17)25(29,30)23(33)31(24)19-8-4-5-9-20(19)34-22(32)21(27)28/h1-15,21H/b15-14+. The zero-order valence-electron chi connectivity index (χ0n) is 17.3.